The highest BCUT2D eigenvalue weighted by molar-refractivity contribution is 6.05. The SMILES string of the molecule is CC1(C)c2cc(-c3ccc(-c4nc(-c5ccccc5)cc(-c5ccc(-c6ccccc6)cc5-c5ccccc5)n4)c4ccccc34)ccc2-c2cc3ccccc3cc21. The predicted molar refractivity (Wildman–Crippen MR) is 247 cm³/mol. The first-order valence-corrected chi connectivity index (χ1v) is 20.4. The molecule has 0 N–H and O–H groups in total. The highest BCUT2D eigenvalue weighted by atomic mass is 14.9. The van der Waals surface area contributed by atoms with Crippen LogP contribution in [0, 0.1) is 0 Å². The van der Waals surface area contributed by atoms with E-state index in [1.807, 2.05) is 0 Å². The van der Waals surface area contributed by atoms with Gasteiger partial charge in [-0.2, -0.15) is 0 Å². The molecule has 278 valence electrons. The van der Waals surface area contributed by atoms with Crippen LogP contribution in [0.2, 0.25) is 0 Å². The molecule has 2 heteroatoms. The first-order valence-electron chi connectivity index (χ1n) is 20.4. The number of fused-ring (bicyclic) bond motifs is 5. The van der Waals surface area contributed by atoms with Gasteiger partial charge in [-0.15, -0.1) is 0 Å². The zero-order valence-corrected chi connectivity index (χ0v) is 33.0. The maximum absolute atomic E-state index is 5.44. The number of aromatic nitrogens is 2. The minimum absolute atomic E-state index is 0.125. The van der Waals surface area contributed by atoms with Crippen molar-refractivity contribution in [1.82, 2.24) is 9.97 Å². The van der Waals surface area contributed by atoms with Crippen molar-refractivity contribution < 1.29 is 0 Å². The van der Waals surface area contributed by atoms with Crippen LogP contribution in [0.4, 0.5) is 0 Å². The van der Waals surface area contributed by atoms with Gasteiger partial charge in [0.05, 0.1) is 11.4 Å². The molecule has 0 atom stereocenters. The summed E-state index contributed by atoms with van der Waals surface area (Å²) in [7, 11) is 0. The third-order valence-corrected chi connectivity index (χ3v) is 12.3. The predicted octanol–water partition coefficient (Wildman–Crippen LogP) is 15.1. The third kappa shape index (κ3) is 5.96. The van der Waals surface area contributed by atoms with Gasteiger partial charge >= 0.3 is 0 Å². The lowest BCUT2D eigenvalue weighted by Gasteiger charge is -2.22. The molecule has 10 aromatic rings. The normalized spacial score (nSPS) is 12.7. The topological polar surface area (TPSA) is 25.8 Å². The van der Waals surface area contributed by atoms with E-state index in [1.165, 1.54) is 60.7 Å². The molecule has 0 spiro atoms. The van der Waals surface area contributed by atoms with Gasteiger partial charge in [-0.05, 0) is 114 Å². The monoisotopic (exact) mass is 752 g/mol. The first kappa shape index (κ1) is 34.8. The van der Waals surface area contributed by atoms with Gasteiger partial charge in [0, 0.05) is 22.1 Å². The standard InChI is InChI=1S/C57H40N2/c1-57(2)52-35-43(27-28-47(52)51-33-40-22-12-13-23-41(40)34-53(51)57)44-30-31-49(46-25-15-14-24-45(44)46)56-58-54(39-20-10-5-11-21-39)36-55(59-56)48-29-26-42(37-16-6-3-7-17-37)32-50(48)38-18-8-4-9-19-38/h3-36H,1-2H3. The van der Waals surface area contributed by atoms with E-state index < -0.39 is 0 Å². The van der Waals surface area contributed by atoms with Crippen molar-refractivity contribution in [3.8, 4) is 78.4 Å². The third-order valence-electron chi connectivity index (χ3n) is 12.3. The summed E-state index contributed by atoms with van der Waals surface area (Å²) in [5.74, 6) is 0.702. The Bertz CT molecular complexity index is 3220. The first-order chi connectivity index (χ1) is 29.0. The summed E-state index contributed by atoms with van der Waals surface area (Å²) in [5.41, 5.74) is 17.2. The second kappa shape index (κ2) is 13.9. The maximum atomic E-state index is 5.44. The number of benzene rings is 9. The van der Waals surface area contributed by atoms with Crippen LogP contribution in [-0.2, 0) is 5.41 Å². The number of rotatable bonds is 6. The highest BCUT2D eigenvalue weighted by Crippen LogP contribution is 2.51. The summed E-state index contributed by atoms with van der Waals surface area (Å²) < 4.78 is 0. The Kier molecular flexibility index (Phi) is 8.20. The Balaban J connectivity index is 1.07. The van der Waals surface area contributed by atoms with Gasteiger partial charge in [-0.25, -0.2) is 9.97 Å². The van der Waals surface area contributed by atoms with Gasteiger partial charge in [0.2, 0.25) is 0 Å². The molecule has 0 aliphatic heterocycles. The Morgan fingerprint density at radius 2 is 0.831 bits per heavy atom. The van der Waals surface area contributed by atoms with Gasteiger partial charge in [0.25, 0.3) is 0 Å². The second-order valence-electron chi connectivity index (χ2n) is 16.2. The van der Waals surface area contributed by atoms with E-state index in [4.69, 9.17) is 9.97 Å². The second-order valence-corrected chi connectivity index (χ2v) is 16.2. The molecule has 0 amide bonds. The summed E-state index contributed by atoms with van der Waals surface area (Å²) in [4.78, 5) is 10.8. The lowest BCUT2D eigenvalue weighted by Crippen LogP contribution is -2.15. The molecule has 0 bridgehead atoms. The zero-order chi connectivity index (χ0) is 39.5. The van der Waals surface area contributed by atoms with Crippen molar-refractivity contribution in [2.75, 3.05) is 0 Å². The Hall–Kier alpha value is -7.42. The minimum atomic E-state index is -0.125. The van der Waals surface area contributed by atoms with E-state index in [0.29, 0.717) is 5.82 Å². The molecule has 0 saturated heterocycles. The molecule has 1 aliphatic rings. The van der Waals surface area contributed by atoms with Gasteiger partial charge in [-0.1, -0.05) is 184 Å². The number of hydrogen-bond donors (Lipinski definition) is 0. The molecule has 1 aromatic heterocycles. The smallest absolute Gasteiger partial charge is 0.161 e. The molecule has 1 heterocycles. The molecule has 0 saturated carbocycles. The van der Waals surface area contributed by atoms with E-state index in [0.717, 1.165) is 44.6 Å². The quantitative estimate of drug-likeness (QED) is 0.169. The Morgan fingerprint density at radius 3 is 1.56 bits per heavy atom. The molecule has 0 unspecified atom stereocenters. The van der Waals surface area contributed by atoms with E-state index in [2.05, 4.69) is 220 Å². The fourth-order valence-electron chi connectivity index (χ4n) is 9.23. The average molecular weight is 753 g/mol. The average Bonchev–Trinajstić information content (AvgIpc) is 3.52. The van der Waals surface area contributed by atoms with Gasteiger partial charge in [-0.3, -0.25) is 0 Å². The summed E-state index contributed by atoms with van der Waals surface area (Å²) in [6.45, 7) is 4.73. The van der Waals surface area contributed by atoms with Gasteiger partial charge < -0.3 is 0 Å². The lowest BCUT2D eigenvalue weighted by atomic mass is 9.81. The summed E-state index contributed by atoms with van der Waals surface area (Å²) >= 11 is 0. The summed E-state index contributed by atoms with van der Waals surface area (Å²) in [6, 6.07) is 74.3. The summed E-state index contributed by atoms with van der Waals surface area (Å²) in [5, 5.41) is 4.87. The van der Waals surface area contributed by atoms with Crippen LogP contribution in [0.5, 0.6) is 0 Å². The Morgan fingerprint density at radius 1 is 0.305 bits per heavy atom. The van der Waals surface area contributed by atoms with Gasteiger partial charge in [0.1, 0.15) is 0 Å². The van der Waals surface area contributed by atoms with Crippen LogP contribution in [-0.4, -0.2) is 9.97 Å². The Labute approximate surface area is 345 Å². The van der Waals surface area contributed by atoms with Crippen LogP contribution in [0.25, 0.3) is 100.0 Å². The largest absolute Gasteiger partial charge is 0.228 e. The number of nitrogens with zero attached hydrogens (tertiary/aromatic N) is 2. The molecular formula is C57H40N2. The van der Waals surface area contributed by atoms with E-state index >= 15 is 0 Å². The van der Waals surface area contributed by atoms with Crippen molar-refractivity contribution in [3.63, 3.8) is 0 Å². The van der Waals surface area contributed by atoms with E-state index in [9.17, 15) is 0 Å². The zero-order valence-electron chi connectivity index (χ0n) is 33.0. The fraction of sp³-hybridized carbons (Fsp3) is 0.0526. The number of hydrogen-bond acceptors (Lipinski definition) is 2. The van der Waals surface area contributed by atoms with E-state index in [-0.39, 0.29) is 5.41 Å². The molecule has 59 heavy (non-hydrogen) atoms. The minimum Gasteiger partial charge on any atom is -0.228 e. The molecule has 0 fully saturated rings. The van der Waals surface area contributed by atoms with Crippen molar-refractivity contribution in [3.05, 3.63) is 217 Å². The van der Waals surface area contributed by atoms with Gasteiger partial charge in [0.15, 0.2) is 5.82 Å². The van der Waals surface area contributed by atoms with Crippen LogP contribution < -0.4 is 0 Å². The lowest BCUT2D eigenvalue weighted by molar-refractivity contribution is 0.661. The molecule has 0 radical (unpaired) electrons. The van der Waals surface area contributed by atoms with Crippen molar-refractivity contribution in [1.29, 1.82) is 0 Å². The molecule has 1 aliphatic carbocycles. The van der Waals surface area contributed by atoms with E-state index in [1.54, 1.807) is 0 Å². The van der Waals surface area contributed by atoms with Crippen LogP contribution >= 0.6 is 0 Å². The van der Waals surface area contributed by atoms with Crippen molar-refractivity contribution in [2.24, 2.45) is 0 Å². The molecule has 11 rings (SSSR count). The highest BCUT2D eigenvalue weighted by Gasteiger charge is 2.36. The van der Waals surface area contributed by atoms with Crippen molar-refractivity contribution >= 4 is 21.5 Å². The van der Waals surface area contributed by atoms with Crippen LogP contribution in [0.15, 0.2) is 206 Å². The fourth-order valence-corrected chi connectivity index (χ4v) is 9.23. The maximum Gasteiger partial charge on any atom is 0.161 e. The molecule has 2 nitrogen and oxygen atoms in total. The molecule has 9 aromatic carbocycles. The van der Waals surface area contributed by atoms with Crippen LogP contribution in [0.3, 0.4) is 0 Å². The molecular weight excluding hydrogens is 713 g/mol. The summed E-state index contributed by atoms with van der Waals surface area (Å²) in [6.07, 6.45) is 0. The van der Waals surface area contributed by atoms with Crippen LogP contribution in [0.1, 0.15) is 25.0 Å². The van der Waals surface area contributed by atoms with Crippen molar-refractivity contribution in [2.45, 2.75) is 19.3 Å².